The Hall–Kier alpha value is -1.06. The number of Topliss-reactive ketones (excluding diaryl/α,β-unsaturated/α-hetero) is 1. The van der Waals surface area contributed by atoms with Crippen molar-refractivity contribution in [2.75, 3.05) is 13.1 Å². The minimum Gasteiger partial charge on any atom is -0.465 e. The van der Waals surface area contributed by atoms with Crippen LogP contribution in [0.4, 0.5) is 4.79 Å². The molecule has 13 heavy (non-hydrogen) atoms. The number of likely N-dealkylation sites (tertiary alicyclic amines) is 1. The lowest BCUT2D eigenvalue weighted by Crippen LogP contribution is -2.37. The van der Waals surface area contributed by atoms with Crippen molar-refractivity contribution in [1.29, 1.82) is 0 Å². The lowest BCUT2D eigenvalue weighted by Gasteiger charge is -2.29. The minimum absolute atomic E-state index is 0.203. The topological polar surface area (TPSA) is 57.6 Å². The number of carbonyl (C=O) groups excluding carboxylic acids is 1. The van der Waals surface area contributed by atoms with Gasteiger partial charge in [-0.15, -0.1) is 0 Å². The number of nitrogens with zero attached hydrogens (tertiary/aromatic N) is 1. The molecule has 0 aromatic heterocycles. The Morgan fingerprint density at radius 1 is 1.38 bits per heavy atom. The molecule has 1 aliphatic rings. The average molecular weight is 185 g/mol. The molecule has 0 saturated carbocycles. The van der Waals surface area contributed by atoms with Gasteiger partial charge < -0.3 is 14.8 Å². The van der Waals surface area contributed by atoms with Crippen molar-refractivity contribution in [3.05, 3.63) is 0 Å². The van der Waals surface area contributed by atoms with Crippen LogP contribution in [0.15, 0.2) is 0 Å². The van der Waals surface area contributed by atoms with Crippen LogP contribution in [0.5, 0.6) is 0 Å². The van der Waals surface area contributed by atoms with Gasteiger partial charge in [-0.05, 0) is 25.7 Å². The summed E-state index contributed by atoms with van der Waals surface area (Å²) >= 11 is 0. The molecule has 0 radical (unpaired) electrons. The van der Waals surface area contributed by atoms with Crippen LogP contribution in [0, 0.1) is 5.92 Å². The fourth-order valence-corrected chi connectivity index (χ4v) is 1.73. The van der Waals surface area contributed by atoms with Crippen LogP contribution in [0.2, 0.25) is 0 Å². The zero-order valence-electron chi connectivity index (χ0n) is 7.82. The molecule has 0 aromatic rings. The maximum absolute atomic E-state index is 10.8. The average Bonchev–Trinajstić information content (AvgIpc) is 2.04. The number of hydrogen-bond acceptors (Lipinski definition) is 2. The third-order valence-electron chi connectivity index (χ3n) is 2.46. The number of rotatable bonds is 2. The molecule has 4 nitrogen and oxygen atoms in total. The Balaban J connectivity index is 2.30. The minimum atomic E-state index is -0.846. The first-order chi connectivity index (χ1) is 6.09. The van der Waals surface area contributed by atoms with Crippen molar-refractivity contribution in [2.24, 2.45) is 5.92 Å². The second kappa shape index (κ2) is 4.25. The van der Waals surface area contributed by atoms with Crippen molar-refractivity contribution in [3.8, 4) is 0 Å². The summed E-state index contributed by atoms with van der Waals surface area (Å²) in [5, 5.41) is 8.67. The summed E-state index contributed by atoms with van der Waals surface area (Å²) < 4.78 is 0. The smallest absolute Gasteiger partial charge is 0.407 e. The number of carboxylic acid groups (broad SMARTS) is 1. The SMILES string of the molecule is CC(=O)CC1CCN(C(=O)O)CC1. The molecule has 1 amide bonds. The van der Waals surface area contributed by atoms with Gasteiger partial charge in [0, 0.05) is 19.5 Å². The number of piperidine rings is 1. The van der Waals surface area contributed by atoms with Gasteiger partial charge in [-0.2, -0.15) is 0 Å². The zero-order chi connectivity index (χ0) is 9.84. The molecule has 0 bridgehead atoms. The molecule has 0 unspecified atom stereocenters. The van der Waals surface area contributed by atoms with Crippen molar-refractivity contribution in [3.63, 3.8) is 0 Å². The quantitative estimate of drug-likeness (QED) is 0.706. The van der Waals surface area contributed by atoms with E-state index < -0.39 is 6.09 Å². The molecule has 1 aliphatic heterocycles. The Morgan fingerprint density at radius 3 is 2.31 bits per heavy atom. The summed E-state index contributed by atoms with van der Waals surface area (Å²) in [4.78, 5) is 22.8. The van der Waals surface area contributed by atoms with Gasteiger partial charge in [-0.1, -0.05) is 0 Å². The van der Waals surface area contributed by atoms with E-state index in [2.05, 4.69) is 0 Å². The number of amides is 1. The maximum atomic E-state index is 10.8. The molecule has 1 saturated heterocycles. The molecule has 1 rings (SSSR count). The summed E-state index contributed by atoms with van der Waals surface area (Å²) in [6.45, 7) is 2.74. The van der Waals surface area contributed by atoms with Crippen LogP contribution in [0.25, 0.3) is 0 Å². The van der Waals surface area contributed by atoms with Crippen molar-refractivity contribution >= 4 is 11.9 Å². The van der Waals surface area contributed by atoms with E-state index in [-0.39, 0.29) is 5.78 Å². The number of ketones is 1. The van der Waals surface area contributed by atoms with E-state index in [0.29, 0.717) is 25.4 Å². The number of hydrogen-bond donors (Lipinski definition) is 1. The Kier molecular flexibility index (Phi) is 3.28. The molecule has 1 heterocycles. The highest BCUT2D eigenvalue weighted by atomic mass is 16.4. The zero-order valence-corrected chi connectivity index (χ0v) is 7.82. The molecular formula is C9H15NO3. The highest BCUT2D eigenvalue weighted by Gasteiger charge is 2.22. The predicted molar refractivity (Wildman–Crippen MR) is 47.6 cm³/mol. The van der Waals surface area contributed by atoms with E-state index in [1.165, 1.54) is 4.90 Å². The second-order valence-electron chi connectivity index (χ2n) is 3.62. The molecule has 4 heteroatoms. The molecule has 0 aromatic carbocycles. The van der Waals surface area contributed by atoms with E-state index in [9.17, 15) is 9.59 Å². The van der Waals surface area contributed by atoms with Crippen molar-refractivity contribution < 1.29 is 14.7 Å². The highest BCUT2D eigenvalue weighted by molar-refractivity contribution is 5.75. The second-order valence-corrected chi connectivity index (χ2v) is 3.62. The van der Waals surface area contributed by atoms with Gasteiger partial charge in [0.25, 0.3) is 0 Å². The van der Waals surface area contributed by atoms with Gasteiger partial charge in [0.1, 0.15) is 5.78 Å². The van der Waals surface area contributed by atoms with E-state index in [1.54, 1.807) is 6.92 Å². The third-order valence-corrected chi connectivity index (χ3v) is 2.46. The van der Waals surface area contributed by atoms with Crippen LogP contribution in [0.3, 0.4) is 0 Å². The fraction of sp³-hybridized carbons (Fsp3) is 0.778. The van der Waals surface area contributed by atoms with E-state index in [1.807, 2.05) is 0 Å². The molecule has 74 valence electrons. The van der Waals surface area contributed by atoms with E-state index >= 15 is 0 Å². The van der Waals surface area contributed by atoms with Crippen LogP contribution in [0.1, 0.15) is 26.2 Å². The summed E-state index contributed by atoms with van der Waals surface area (Å²) in [6, 6.07) is 0. The maximum Gasteiger partial charge on any atom is 0.407 e. The van der Waals surface area contributed by atoms with Gasteiger partial charge in [-0.3, -0.25) is 0 Å². The summed E-state index contributed by atoms with van der Waals surface area (Å²) in [5.74, 6) is 0.599. The fourth-order valence-electron chi connectivity index (χ4n) is 1.73. The summed E-state index contributed by atoms with van der Waals surface area (Å²) in [5.41, 5.74) is 0. The highest BCUT2D eigenvalue weighted by Crippen LogP contribution is 2.20. The number of carbonyl (C=O) groups is 2. The van der Waals surface area contributed by atoms with E-state index in [0.717, 1.165) is 12.8 Å². The largest absolute Gasteiger partial charge is 0.465 e. The van der Waals surface area contributed by atoms with Gasteiger partial charge >= 0.3 is 6.09 Å². The first-order valence-electron chi connectivity index (χ1n) is 4.57. The molecule has 1 N–H and O–H groups in total. The molecule has 0 aliphatic carbocycles. The standard InChI is InChI=1S/C9H15NO3/c1-7(11)6-8-2-4-10(5-3-8)9(12)13/h8H,2-6H2,1H3,(H,12,13). The first kappa shape index (κ1) is 10.0. The summed E-state index contributed by atoms with van der Waals surface area (Å²) in [7, 11) is 0. The van der Waals surface area contributed by atoms with Crippen LogP contribution >= 0.6 is 0 Å². The van der Waals surface area contributed by atoms with E-state index in [4.69, 9.17) is 5.11 Å². The molecular weight excluding hydrogens is 170 g/mol. The van der Waals surface area contributed by atoms with Gasteiger partial charge in [-0.25, -0.2) is 4.79 Å². The van der Waals surface area contributed by atoms with Crippen LogP contribution in [-0.2, 0) is 4.79 Å². The summed E-state index contributed by atoms with van der Waals surface area (Å²) in [6.07, 6.45) is 1.41. The monoisotopic (exact) mass is 185 g/mol. The predicted octanol–water partition coefficient (Wildman–Crippen LogP) is 1.36. The first-order valence-corrected chi connectivity index (χ1v) is 4.57. The van der Waals surface area contributed by atoms with Crippen LogP contribution in [-0.4, -0.2) is 35.0 Å². The molecule has 0 spiro atoms. The lowest BCUT2D eigenvalue weighted by atomic mass is 9.92. The van der Waals surface area contributed by atoms with Crippen molar-refractivity contribution in [2.45, 2.75) is 26.2 Å². The molecule has 1 fully saturated rings. The van der Waals surface area contributed by atoms with Gasteiger partial charge in [0.05, 0.1) is 0 Å². The van der Waals surface area contributed by atoms with Gasteiger partial charge in [0.15, 0.2) is 0 Å². The lowest BCUT2D eigenvalue weighted by molar-refractivity contribution is -0.118. The normalized spacial score (nSPS) is 18.7. The Morgan fingerprint density at radius 2 is 1.92 bits per heavy atom. The Bertz CT molecular complexity index is 207. The molecule has 0 atom stereocenters. The third kappa shape index (κ3) is 3.05. The van der Waals surface area contributed by atoms with Gasteiger partial charge in [0.2, 0.25) is 0 Å². The Labute approximate surface area is 77.5 Å². The van der Waals surface area contributed by atoms with Crippen LogP contribution < -0.4 is 0 Å². The van der Waals surface area contributed by atoms with Crippen molar-refractivity contribution in [1.82, 2.24) is 4.90 Å².